The van der Waals surface area contributed by atoms with Gasteiger partial charge in [0.05, 0.1) is 16.1 Å². The van der Waals surface area contributed by atoms with Crippen LogP contribution in [-0.2, 0) is 17.1 Å². The van der Waals surface area contributed by atoms with Crippen LogP contribution in [0, 0.1) is 6.92 Å². The summed E-state index contributed by atoms with van der Waals surface area (Å²) in [6.07, 6.45) is 4.14. The molecule has 0 atom stereocenters. The van der Waals surface area contributed by atoms with E-state index in [2.05, 4.69) is 20.0 Å². The summed E-state index contributed by atoms with van der Waals surface area (Å²) in [5.41, 5.74) is 2.66. The molecule has 8 nitrogen and oxygen atoms in total. The van der Waals surface area contributed by atoms with Crippen LogP contribution in [0.3, 0.4) is 0 Å². The van der Waals surface area contributed by atoms with Gasteiger partial charge in [-0.1, -0.05) is 17.7 Å². The molecular weight excluding hydrogens is 438 g/mol. The Morgan fingerprint density at radius 3 is 2.52 bits per heavy atom. The van der Waals surface area contributed by atoms with Crippen molar-refractivity contribution in [2.45, 2.75) is 11.8 Å². The number of halogens is 1. The number of sulfonamides is 1. The number of fused-ring (bicyclic) bond motifs is 1. The Morgan fingerprint density at radius 1 is 1.10 bits per heavy atom. The van der Waals surface area contributed by atoms with E-state index in [1.807, 2.05) is 19.1 Å². The number of hydrogen-bond donors (Lipinski definition) is 2. The second kappa shape index (κ2) is 8.01. The molecule has 0 radical (unpaired) electrons. The van der Waals surface area contributed by atoms with Gasteiger partial charge in [-0.25, -0.2) is 13.4 Å². The molecule has 0 fully saturated rings. The molecule has 0 aliphatic rings. The number of carbonyl (C=O) groups excluding carboxylic acids is 1. The van der Waals surface area contributed by atoms with E-state index in [0.717, 1.165) is 16.5 Å². The van der Waals surface area contributed by atoms with Gasteiger partial charge < -0.3 is 9.88 Å². The fourth-order valence-corrected chi connectivity index (χ4v) is 4.37. The smallest absolute Gasteiger partial charge is 0.272 e. The molecule has 4 aromatic rings. The number of anilines is 2. The van der Waals surface area contributed by atoms with Gasteiger partial charge in [0.25, 0.3) is 15.9 Å². The van der Waals surface area contributed by atoms with Crippen LogP contribution in [0.5, 0.6) is 0 Å². The maximum Gasteiger partial charge on any atom is 0.272 e. The van der Waals surface area contributed by atoms with Crippen molar-refractivity contribution in [2.75, 3.05) is 10.0 Å². The standard InChI is InChI=1S/C21H18ClN5O3S/c1-13-3-8-17-16(20(13)22)11-18(27(17)2)21(28)25-14-4-6-15(7-5-14)31(29,30)26-19-12-23-9-10-24-19/h3-12H,1-2H3,(H,24,26)(H,25,28). The number of amides is 1. The predicted molar refractivity (Wildman–Crippen MR) is 120 cm³/mol. The highest BCUT2D eigenvalue weighted by Gasteiger charge is 2.18. The number of rotatable bonds is 5. The van der Waals surface area contributed by atoms with Crippen molar-refractivity contribution in [3.8, 4) is 0 Å². The number of nitrogens with zero attached hydrogens (tertiary/aromatic N) is 3. The molecule has 0 aliphatic carbocycles. The van der Waals surface area contributed by atoms with E-state index in [9.17, 15) is 13.2 Å². The molecule has 2 N–H and O–H groups in total. The van der Waals surface area contributed by atoms with Crippen molar-refractivity contribution in [2.24, 2.45) is 7.05 Å². The first-order valence-electron chi connectivity index (χ1n) is 9.21. The van der Waals surface area contributed by atoms with Crippen LogP contribution in [-0.4, -0.2) is 28.9 Å². The van der Waals surface area contributed by atoms with Gasteiger partial charge in [-0.15, -0.1) is 0 Å². The minimum atomic E-state index is -3.83. The number of benzene rings is 2. The molecule has 0 bridgehead atoms. The summed E-state index contributed by atoms with van der Waals surface area (Å²) < 4.78 is 29.1. The summed E-state index contributed by atoms with van der Waals surface area (Å²) in [6, 6.07) is 11.4. The third-order valence-corrected chi connectivity index (χ3v) is 6.68. The second-order valence-corrected chi connectivity index (χ2v) is 8.95. The van der Waals surface area contributed by atoms with Gasteiger partial charge >= 0.3 is 0 Å². The summed E-state index contributed by atoms with van der Waals surface area (Å²) in [4.78, 5) is 20.6. The Kier molecular flexibility index (Phi) is 5.38. The molecule has 1 amide bonds. The van der Waals surface area contributed by atoms with Crippen molar-refractivity contribution < 1.29 is 13.2 Å². The van der Waals surface area contributed by atoms with Gasteiger partial charge in [-0.05, 0) is 48.9 Å². The first-order chi connectivity index (χ1) is 14.8. The number of aryl methyl sites for hydroxylation is 2. The van der Waals surface area contributed by atoms with Crippen molar-refractivity contribution >= 4 is 49.9 Å². The molecule has 158 valence electrons. The highest BCUT2D eigenvalue weighted by atomic mass is 35.5. The maximum atomic E-state index is 12.8. The molecule has 2 aromatic carbocycles. The van der Waals surface area contributed by atoms with Gasteiger partial charge in [0.2, 0.25) is 0 Å². The Morgan fingerprint density at radius 2 is 1.84 bits per heavy atom. The van der Waals surface area contributed by atoms with Gasteiger partial charge in [0.15, 0.2) is 5.82 Å². The van der Waals surface area contributed by atoms with Gasteiger partial charge in [-0.3, -0.25) is 14.5 Å². The van der Waals surface area contributed by atoms with Crippen LogP contribution in [0.1, 0.15) is 16.1 Å². The first kappa shape index (κ1) is 20.8. The highest BCUT2D eigenvalue weighted by Crippen LogP contribution is 2.29. The predicted octanol–water partition coefficient (Wildman–Crippen LogP) is 3.98. The average molecular weight is 456 g/mol. The van der Waals surface area contributed by atoms with Gasteiger partial charge in [0, 0.05) is 36.0 Å². The molecule has 0 aliphatic heterocycles. The van der Waals surface area contributed by atoms with Crippen molar-refractivity contribution in [1.29, 1.82) is 0 Å². The molecule has 10 heteroatoms. The number of nitrogens with one attached hydrogen (secondary N) is 2. The summed E-state index contributed by atoms with van der Waals surface area (Å²) in [5.74, 6) is -0.217. The molecule has 2 heterocycles. The van der Waals surface area contributed by atoms with E-state index in [-0.39, 0.29) is 16.6 Å². The quantitative estimate of drug-likeness (QED) is 0.473. The minimum Gasteiger partial charge on any atom is -0.340 e. The summed E-state index contributed by atoms with van der Waals surface area (Å²) in [6.45, 7) is 1.91. The zero-order chi connectivity index (χ0) is 22.2. The molecule has 0 saturated carbocycles. The monoisotopic (exact) mass is 455 g/mol. The Labute approximate surface area is 184 Å². The largest absolute Gasteiger partial charge is 0.340 e. The molecule has 31 heavy (non-hydrogen) atoms. The Bertz CT molecular complexity index is 1380. The summed E-state index contributed by atoms with van der Waals surface area (Å²) in [7, 11) is -2.04. The number of hydrogen-bond acceptors (Lipinski definition) is 5. The zero-order valence-corrected chi connectivity index (χ0v) is 18.2. The molecule has 2 aromatic heterocycles. The lowest BCUT2D eigenvalue weighted by Crippen LogP contribution is -2.16. The Balaban J connectivity index is 1.54. The normalized spacial score (nSPS) is 11.5. The Hall–Kier alpha value is -3.43. The van der Waals surface area contributed by atoms with Gasteiger partial charge in [0.1, 0.15) is 5.69 Å². The minimum absolute atomic E-state index is 0.0306. The SMILES string of the molecule is Cc1ccc2c(cc(C(=O)Nc3ccc(S(=O)(=O)Nc4cnccn4)cc3)n2C)c1Cl. The molecule has 0 unspecified atom stereocenters. The van der Waals surface area contributed by atoms with E-state index in [1.54, 1.807) is 17.7 Å². The van der Waals surface area contributed by atoms with Crippen molar-refractivity contribution in [3.05, 3.63) is 77.3 Å². The lowest BCUT2D eigenvalue weighted by Gasteiger charge is -2.09. The van der Waals surface area contributed by atoms with Crippen LogP contribution in [0.2, 0.25) is 5.02 Å². The van der Waals surface area contributed by atoms with Crippen LogP contribution in [0.4, 0.5) is 11.5 Å². The van der Waals surface area contributed by atoms with E-state index in [4.69, 9.17) is 11.6 Å². The number of aromatic nitrogens is 3. The molecular formula is C21H18ClN5O3S. The first-order valence-corrected chi connectivity index (χ1v) is 11.1. The number of carbonyl (C=O) groups is 1. The van der Waals surface area contributed by atoms with E-state index >= 15 is 0 Å². The topological polar surface area (TPSA) is 106 Å². The van der Waals surface area contributed by atoms with Crippen LogP contribution < -0.4 is 10.0 Å². The van der Waals surface area contributed by atoms with Crippen LogP contribution >= 0.6 is 11.6 Å². The maximum absolute atomic E-state index is 12.8. The zero-order valence-electron chi connectivity index (χ0n) is 16.6. The second-order valence-electron chi connectivity index (χ2n) is 6.89. The summed E-state index contributed by atoms with van der Waals surface area (Å²) >= 11 is 6.38. The van der Waals surface area contributed by atoms with E-state index < -0.39 is 10.0 Å². The lowest BCUT2D eigenvalue weighted by atomic mass is 10.2. The van der Waals surface area contributed by atoms with Gasteiger partial charge in [-0.2, -0.15) is 0 Å². The highest BCUT2D eigenvalue weighted by molar-refractivity contribution is 7.92. The summed E-state index contributed by atoms with van der Waals surface area (Å²) in [5, 5.41) is 4.19. The third-order valence-electron chi connectivity index (χ3n) is 4.81. The van der Waals surface area contributed by atoms with Crippen molar-refractivity contribution in [1.82, 2.24) is 14.5 Å². The van der Waals surface area contributed by atoms with Crippen LogP contribution in [0.25, 0.3) is 10.9 Å². The molecule has 0 spiro atoms. The molecule has 0 saturated heterocycles. The third kappa shape index (κ3) is 4.10. The lowest BCUT2D eigenvalue weighted by molar-refractivity contribution is 0.101. The fourth-order valence-electron chi connectivity index (χ4n) is 3.16. The van der Waals surface area contributed by atoms with Crippen molar-refractivity contribution in [3.63, 3.8) is 0 Å². The van der Waals surface area contributed by atoms with E-state index in [0.29, 0.717) is 16.4 Å². The average Bonchev–Trinajstić information content (AvgIpc) is 3.09. The van der Waals surface area contributed by atoms with E-state index in [1.165, 1.54) is 42.9 Å². The fraction of sp³-hybridized carbons (Fsp3) is 0.0952. The van der Waals surface area contributed by atoms with Crippen LogP contribution in [0.15, 0.2) is 66.0 Å². The molecule has 4 rings (SSSR count).